The van der Waals surface area contributed by atoms with Crippen LogP contribution in [0.3, 0.4) is 0 Å². The van der Waals surface area contributed by atoms with Crippen molar-refractivity contribution in [3.8, 4) is 16.9 Å². The molecule has 3 rings (SSSR count). The first-order chi connectivity index (χ1) is 17.6. The van der Waals surface area contributed by atoms with Crippen LogP contribution in [0.2, 0.25) is 0 Å². The van der Waals surface area contributed by atoms with Gasteiger partial charge in [0, 0.05) is 12.0 Å². The average Bonchev–Trinajstić information content (AvgIpc) is 2.91. The molecule has 0 radical (unpaired) electrons. The molecule has 1 unspecified atom stereocenters. The lowest BCUT2D eigenvalue weighted by Crippen LogP contribution is -2.18. The topological polar surface area (TPSA) is 63.6 Å². The van der Waals surface area contributed by atoms with Gasteiger partial charge in [-0.3, -0.25) is 9.59 Å². The van der Waals surface area contributed by atoms with E-state index in [1.165, 1.54) is 31.2 Å². The van der Waals surface area contributed by atoms with E-state index in [1.807, 2.05) is 66.7 Å². The number of ketones is 1. The van der Waals surface area contributed by atoms with E-state index in [-0.39, 0.29) is 12.2 Å². The van der Waals surface area contributed by atoms with Crippen LogP contribution < -0.4 is 4.74 Å². The van der Waals surface area contributed by atoms with Gasteiger partial charge in [-0.05, 0) is 54.5 Å². The van der Waals surface area contributed by atoms with Crippen molar-refractivity contribution in [1.29, 1.82) is 0 Å². The van der Waals surface area contributed by atoms with Gasteiger partial charge in [0.05, 0.1) is 12.5 Å². The number of unbranched alkanes of at least 4 members (excludes halogenated alkanes) is 4. The zero-order chi connectivity index (χ0) is 25.6. The van der Waals surface area contributed by atoms with Gasteiger partial charge in [-0.1, -0.05) is 99.3 Å². The third-order valence-electron chi connectivity index (χ3n) is 6.55. The first-order valence-electron chi connectivity index (χ1n) is 13.2. The summed E-state index contributed by atoms with van der Waals surface area (Å²) in [6.45, 7) is 2.96. The Morgan fingerprint density at radius 3 is 2.06 bits per heavy atom. The van der Waals surface area contributed by atoms with Crippen LogP contribution in [-0.2, 0) is 11.2 Å². The van der Waals surface area contributed by atoms with Gasteiger partial charge in [-0.25, -0.2) is 0 Å². The van der Waals surface area contributed by atoms with E-state index in [9.17, 15) is 14.7 Å². The number of ether oxygens (including phenoxy) is 1. The third-order valence-corrected chi connectivity index (χ3v) is 6.55. The number of rotatable bonds is 16. The van der Waals surface area contributed by atoms with Crippen molar-refractivity contribution < 1.29 is 19.4 Å². The summed E-state index contributed by atoms with van der Waals surface area (Å²) in [6, 6.07) is 25.4. The maximum atomic E-state index is 12.8. The molecule has 3 aromatic rings. The summed E-state index contributed by atoms with van der Waals surface area (Å²) in [5.74, 6) is -0.833. The zero-order valence-corrected chi connectivity index (χ0v) is 21.3. The lowest BCUT2D eigenvalue weighted by molar-refractivity contribution is -0.141. The SMILES string of the molecule is CCCCCCCOc1ccc(-c2ccc(C(=O)CC(CCCc3ccccc3)C(=O)O)cc2)cc1. The molecule has 0 amide bonds. The van der Waals surface area contributed by atoms with Crippen molar-refractivity contribution in [3.63, 3.8) is 0 Å². The fourth-order valence-corrected chi connectivity index (χ4v) is 4.34. The number of aryl methyl sites for hydroxylation is 1. The van der Waals surface area contributed by atoms with Gasteiger partial charge in [-0.2, -0.15) is 0 Å². The molecule has 0 aromatic heterocycles. The van der Waals surface area contributed by atoms with Crippen LogP contribution in [0.5, 0.6) is 5.75 Å². The molecule has 0 saturated heterocycles. The van der Waals surface area contributed by atoms with Crippen molar-refractivity contribution >= 4 is 11.8 Å². The molecule has 4 nitrogen and oxygen atoms in total. The van der Waals surface area contributed by atoms with Crippen molar-refractivity contribution in [2.45, 2.75) is 64.7 Å². The quantitative estimate of drug-likeness (QED) is 0.165. The summed E-state index contributed by atoms with van der Waals surface area (Å²) < 4.78 is 5.84. The Kier molecular flexibility index (Phi) is 11.2. The molecular weight excluding hydrogens is 448 g/mol. The molecule has 0 spiro atoms. The Morgan fingerprint density at radius 1 is 0.778 bits per heavy atom. The number of aliphatic carboxylic acids is 1. The smallest absolute Gasteiger partial charge is 0.306 e. The molecule has 0 aliphatic rings. The molecule has 0 bridgehead atoms. The molecule has 190 valence electrons. The van der Waals surface area contributed by atoms with Crippen molar-refractivity contribution in [2.24, 2.45) is 5.92 Å². The Hall–Kier alpha value is -3.40. The van der Waals surface area contributed by atoms with E-state index >= 15 is 0 Å². The van der Waals surface area contributed by atoms with Crippen molar-refractivity contribution in [2.75, 3.05) is 6.61 Å². The van der Waals surface area contributed by atoms with E-state index in [2.05, 4.69) is 6.92 Å². The highest BCUT2D eigenvalue weighted by molar-refractivity contribution is 5.98. The predicted molar refractivity (Wildman–Crippen MR) is 146 cm³/mol. The monoisotopic (exact) mass is 486 g/mol. The van der Waals surface area contributed by atoms with Crippen LogP contribution >= 0.6 is 0 Å². The molecule has 0 fully saturated rings. The van der Waals surface area contributed by atoms with E-state index in [0.717, 1.165) is 42.7 Å². The molecule has 0 aliphatic heterocycles. The summed E-state index contributed by atoms with van der Waals surface area (Å²) in [5.41, 5.74) is 3.80. The van der Waals surface area contributed by atoms with E-state index < -0.39 is 11.9 Å². The molecular formula is C32H38O4. The maximum Gasteiger partial charge on any atom is 0.306 e. The minimum atomic E-state index is -0.906. The van der Waals surface area contributed by atoms with E-state index in [0.29, 0.717) is 12.0 Å². The summed E-state index contributed by atoms with van der Waals surface area (Å²) in [6.07, 6.45) is 8.15. The first-order valence-corrected chi connectivity index (χ1v) is 13.2. The van der Waals surface area contributed by atoms with Crippen molar-refractivity contribution in [3.05, 3.63) is 90.0 Å². The van der Waals surface area contributed by atoms with Crippen LogP contribution in [0.4, 0.5) is 0 Å². The molecule has 1 atom stereocenters. The number of Topliss-reactive ketones (excluding diaryl/α,β-unsaturated/α-hetero) is 1. The van der Waals surface area contributed by atoms with Crippen molar-refractivity contribution in [1.82, 2.24) is 0 Å². The molecule has 3 aromatic carbocycles. The fourth-order valence-electron chi connectivity index (χ4n) is 4.34. The standard InChI is InChI=1S/C32H38O4/c1-2-3-4-5-9-23-36-30-21-19-27(20-22-30)26-15-17-28(18-16-26)31(33)24-29(32(34)35)14-10-13-25-11-7-6-8-12-25/h6-8,11-12,15-22,29H,2-5,9-10,13-14,23-24H2,1H3,(H,34,35). The number of hydrogen-bond donors (Lipinski definition) is 1. The van der Waals surface area contributed by atoms with Crippen LogP contribution in [-0.4, -0.2) is 23.5 Å². The molecule has 0 heterocycles. The number of benzene rings is 3. The summed E-state index contributed by atoms with van der Waals surface area (Å²) >= 11 is 0. The van der Waals surface area contributed by atoms with E-state index in [1.54, 1.807) is 12.1 Å². The van der Waals surface area contributed by atoms with E-state index in [4.69, 9.17) is 4.74 Å². The summed E-state index contributed by atoms with van der Waals surface area (Å²) in [7, 11) is 0. The second kappa shape index (κ2) is 14.9. The Morgan fingerprint density at radius 2 is 1.42 bits per heavy atom. The lowest BCUT2D eigenvalue weighted by atomic mass is 9.92. The summed E-state index contributed by atoms with van der Waals surface area (Å²) in [4.78, 5) is 24.5. The molecule has 1 N–H and O–H groups in total. The third kappa shape index (κ3) is 8.99. The number of carbonyl (C=O) groups excluding carboxylic acids is 1. The Bertz CT molecular complexity index is 1060. The number of hydrogen-bond acceptors (Lipinski definition) is 3. The normalized spacial score (nSPS) is 11.7. The number of carbonyl (C=O) groups is 2. The maximum absolute atomic E-state index is 12.8. The summed E-state index contributed by atoms with van der Waals surface area (Å²) in [5, 5.41) is 9.62. The van der Waals surface area contributed by atoms with Gasteiger partial charge in [0.25, 0.3) is 0 Å². The highest BCUT2D eigenvalue weighted by Gasteiger charge is 2.21. The first kappa shape index (κ1) is 27.2. The van der Waals surface area contributed by atoms with Gasteiger partial charge < -0.3 is 9.84 Å². The molecule has 0 aliphatic carbocycles. The van der Waals surface area contributed by atoms with Crippen LogP contribution in [0.15, 0.2) is 78.9 Å². The molecule has 4 heteroatoms. The lowest BCUT2D eigenvalue weighted by Gasteiger charge is -2.12. The highest BCUT2D eigenvalue weighted by Crippen LogP contribution is 2.24. The highest BCUT2D eigenvalue weighted by atomic mass is 16.5. The molecule has 0 saturated carbocycles. The van der Waals surface area contributed by atoms with Gasteiger partial charge in [-0.15, -0.1) is 0 Å². The van der Waals surface area contributed by atoms with Gasteiger partial charge in [0.2, 0.25) is 0 Å². The minimum absolute atomic E-state index is 0.0218. The predicted octanol–water partition coefficient (Wildman–Crippen LogP) is 8.00. The van der Waals surface area contributed by atoms with Gasteiger partial charge in [0.15, 0.2) is 5.78 Å². The van der Waals surface area contributed by atoms with Gasteiger partial charge in [0.1, 0.15) is 5.75 Å². The zero-order valence-electron chi connectivity index (χ0n) is 21.3. The van der Waals surface area contributed by atoms with Gasteiger partial charge >= 0.3 is 5.97 Å². The number of carboxylic acid groups (broad SMARTS) is 1. The second-order valence-electron chi connectivity index (χ2n) is 9.40. The minimum Gasteiger partial charge on any atom is -0.494 e. The number of carboxylic acids is 1. The second-order valence-corrected chi connectivity index (χ2v) is 9.40. The molecule has 36 heavy (non-hydrogen) atoms. The average molecular weight is 487 g/mol. The Balaban J connectivity index is 1.48. The largest absolute Gasteiger partial charge is 0.494 e. The van der Waals surface area contributed by atoms with Crippen LogP contribution in [0.25, 0.3) is 11.1 Å². The Labute approximate surface area is 215 Å². The van der Waals surface area contributed by atoms with Crippen LogP contribution in [0.1, 0.15) is 74.2 Å². The fraction of sp³-hybridized carbons (Fsp3) is 0.375. The van der Waals surface area contributed by atoms with Crippen LogP contribution in [0, 0.1) is 5.92 Å².